The number of amides is 3. The number of rotatable bonds is 5. The Morgan fingerprint density at radius 2 is 2.21 bits per heavy atom. The standard InChI is InChI=1S/C18H21N3O2S/c1-12(20-18(23)19-9-8-15-3-2-10-24-15)13-4-6-16-14(11-13)5-7-17(22)21-16/h2-4,6,10-12H,5,7-9H2,1H3,(H,21,22)(H2,19,20,23)/t12-/m1/s1. The van der Waals surface area contributed by atoms with E-state index in [4.69, 9.17) is 0 Å². The molecule has 0 unspecified atom stereocenters. The zero-order valence-corrected chi connectivity index (χ0v) is 14.4. The molecule has 0 aliphatic carbocycles. The number of nitrogens with one attached hydrogen (secondary N) is 3. The average molecular weight is 343 g/mol. The molecule has 0 saturated heterocycles. The number of anilines is 1. The Morgan fingerprint density at radius 1 is 1.33 bits per heavy atom. The lowest BCUT2D eigenvalue weighted by atomic mass is 9.98. The third-order valence-corrected chi connectivity index (χ3v) is 5.05. The van der Waals surface area contributed by atoms with Gasteiger partial charge in [0.1, 0.15) is 0 Å². The molecule has 2 aromatic rings. The van der Waals surface area contributed by atoms with Gasteiger partial charge >= 0.3 is 6.03 Å². The predicted molar refractivity (Wildman–Crippen MR) is 96.4 cm³/mol. The molecule has 0 bridgehead atoms. The molecular formula is C18H21N3O2S. The van der Waals surface area contributed by atoms with E-state index in [0.717, 1.165) is 29.7 Å². The average Bonchev–Trinajstić information content (AvgIpc) is 3.07. The second kappa shape index (κ2) is 7.49. The Kier molecular flexibility index (Phi) is 5.15. The highest BCUT2D eigenvalue weighted by molar-refractivity contribution is 7.09. The fourth-order valence-electron chi connectivity index (χ4n) is 2.76. The van der Waals surface area contributed by atoms with E-state index < -0.39 is 0 Å². The van der Waals surface area contributed by atoms with Crippen molar-refractivity contribution in [1.29, 1.82) is 0 Å². The molecule has 3 N–H and O–H groups in total. The highest BCUT2D eigenvalue weighted by Crippen LogP contribution is 2.26. The molecule has 6 heteroatoms. The molecule has 1 aromatic carbocycles. The Bertz CT molecular complexity index is 728. The largest absolute Gasteiger partial charge is 0.338 e. The summed E-state index contributed by atoms with van der Waals surface area (Å²) in [6, 6.07) is 9.75. The van der Waals surface area contributed by atoms with Crippen molar-refractivity contribution in [2.75, 3.05) is 11.9 Å². The molecule has 0 radical (unpaired) electrons. The summed E-state index contributed by atoms with van der Waals surface area (Å²) in [5, 5.41) is 10.8. The van der Waals surface area contributed by atoms with Gasteiger partial charge in [-0.3, -0.25) is 4.79 Å². The van der Waals surface area contributed by atoms with E-state index in [1.54, 1.807) is 11.3 Å². The van der Waals surface area contributed by atoms with Gasteiger partial charge in [0, 0.05) is 23.5 Å². The van der Waals surface area contributed by atoms with Gasteiger partial charge in [-0.05, 0) is 48.4 Å². The summed E-state index contributed by atoms with van der Waals surface area (Å²) in [6.07, 6.45) is 2.11. The third-order valence-electron chi connectivity index (χ3n) is 4.11. The fraction of sp³-hybridized carbons (Fsp3) is 0.333. The lowest BCUT2D eigenvalue weighted by Crippen LogP contribution is -2.38. The second-order valence-electron chi connectivity index (χ2n) is 5.92. The molecule has 5 nitrogen and oxygen atoms in total. The second-order valence-corrected chi connectivity index (χ2v) is 6.95. The van der Waals surface area contributed by atoms with Gasteiger partial charge in [-0.2, -0.15) is 0 Å². The topological polar surface area (TPSA) is 70.2 Å². The quantitative estimate of drug-likeness (QED) is 0.780. The van der Waals surface area contributed by atoms with Crippen LogP contribution in [0.25, 0.3) is 0 Å². The maximum Gasteiger partial charge on any atom is 0.315 e. The lowest BCUT2D eigenvalue weighted by molar-refractivity contribution is -0.116. The number of thiophene rings is 1. The number of carbonyl (C=O) groups excluding carboxylic acids is 2. The summed E-state index contributed by atoms with van der Waals surface area (Å²) >= 11 is 1.70. The minimum Gasteiger partial charge on any atom is -0.338 e. The monoisotopic (exact) mass is 343 g/mol. The molecule has 1 aliphatic rings. The molecule has 24 heavy (non-hydrogen) atoms. The first-order valence-electron chi connectivity index (χ1n) is 8.11. The summed E-state index contributed by atoms with van der Waals surface area (Å²) in [6.45, 7) is 2.58. The number of benzene rings is 1. The number of aryl methyl sites for hydroxylation is 1. The van der Waals surface area contributed by atoms with Crippen LogP contribution < -0.4 is 16.0 Å². The highest BCUT2D eigenvalue weighted by atomic mass is 32.1. The van der Waals surface area contributed by atoms with Gasteiger partial charge in [0.15, 0.2) is 0 Å². The van der Waals surface area contributed by atoms with Gasteiger partial charge < -0.3 is 16.0 Å². The predicted octanol–water partition coefficient (Wildman–Crippen LogP) is 3.24. The molecular weight excluding hydrogens is 322 g/mol. The molecule has 126 valence electrons. The van der Waals surface area contributed by atoms with Crippen molar-refractivity contribution in [3.8, 4) is 0 Å². The van der Waals surface area contributed by atoms with Gasteiger partial charge in [-0.15, -0.1) is 11.3 Å². The van der Waals surface area contributed by atoms with E-state index in [1.807, 2.05) is 30.5 Å². The maximum absolute atomic E-state index is 12.0. The number of hydrogen-bond acceptors (Lipinski definition) is 3. The Hall–Kier alpha value is -2.34. The van der Waals surface area contributed by atoms with Crippen molar-refractivity contribution in [1.82, 2.24) is 10.6 Å². The van der Waals surface area contributed by atoms with E-state index in [1.165, 1.54) is 4.88 Å². The van der Waals surface area contributed by atoms with Crippen molar-refractivity contribution in [3.63, 3.8) is 0 Å². The first-order valence-corrected chi connectivity index (χ1v) is 8.99. The first kappa shape index (κ1) is 16.5. The maximum atomic E-state index is 12.0. The Morgan fingerprint density at radius 3 is 3.00 bits per heavy atom. The van der Waals surface area contributed by atoms with Gasteiger partial charge in [-0.25, -0.2) is 4.79 Å². The molecule has 3 amide bonds. The minimum atomic E-state index is -0.162. The Balaban J connectivity index is 1.51. The Labute approximate surface area is 145 Å². The van der Waals surface area contributed by atoms with Crippen LogP contribution in [0, 0.1) is 0 Å². The van der Waals surface area contributed by atoms with E-state index in [-0.39, 0.29) is 18.0 Å². The number of fused-ring (bicyclic) bond motifs is 1. The molecule has 2 heterocycles. The van der Waals surface area contributed by atoms with Crippen molar-refractivity contribution in [3.05, 3.63) is 51.7 Å². The van der Waals surface area contributed by atoms with Crippen LogP contribution in [-0.2, 0) is 17.6 Å². The summed E-state index contributed by atoms with van der Waals surface area (Å²) < 4.78 is 0. The molecule has 0 fully saturated rings. The molecule has 1 aromatic heterocycles. The van der Waals surface area contributed by atoms with Crippen LogP contribution >= 0.6 is 11.3 Å². The molecule has 1 aliphatic heterocycles. The number of hydrogen-bond donors (Lipinski definition) is 3. The normalized spacial score (nSPS) is 14.5. The van der Waals surface area contributed by atoms with E-state index in [2.05, 4.69) is 28.1 Å². The summed E-state index contributed by atoms with van der Waals surface area (Å²) in [5.41, 5.74) is 3.04. The minimum absolute atomic E-state index is 0.0616. The summed E-state index contributed by atoms with van der Waals surface area (Å²) in [4.78, 5) is 24.7. The van der Waals surface area contributed by atoms with Gasteiger partial charge in [0.05, 0.1) is 6.04 Å². The van der Waals surface area contributed by atoms with Gasteiger partial charge in [-0.1, -0.05) is 18.2 Å². The van der Waals surface area contributed by atoms with E-state index in [9.17, 15) is 9.59 Å². The zero-order valence-electron chi connectivity index (χ0n) is 13.6. The van der Waals surface area contributed by atoms with Crippen LogP contribution in [0.4, 0.5) is 10.5 Å². The highest BCUT2D eigenvalue weighted by Gasteiger charge is 2.17. The number of carbonyl (C=O) groups is 2. The van der Waals surface area contributed by atoms with E-state index >= 15 is 0 Å². The molecule has 3 rings (SSSR count). The van der Waals surface area contributed by atoms with Crippen LogP contribution in [0.1, 0.15) is 35.4 Å². The summed E-state index contributed by atoms with van der Waals surface area (Å²) in [7, 11) is 0. The van der Waals surface area contributed by atoms with Gasteiger partial charge in [0.25, 0.3) is 0 Å². The smallest absolute Gasteiger partial charge is 0.315 e. The van der Waals surface area contributed by atoms with Gasteiger partial charge in [0.2, 0.25) is 5.91 Å². The molecule has 1 atom stereocenters. The number of urea groups is 1. The first-order chi connectivity index (χ1) is 11.6. The van der Waals surface area contributed by atoms with Crippen LogP contribution in [0.5, 0.6) is 0 Å². The molecule has 0 saturated carbocycles. The fourth-order valence-corrected chi connectivity index (χ4v) is 3.47. The molecule has 0 spiro atoms. The van der Waals surface area contributed by atoms with Crippen molar-refractivity contribution < 1.29 is 9.59 Å². The van der Waals surface area contributed by atoms with Crippen LogP contribution in [0.2, 0.25) is 0 Å². The zero-order chi connectivity index (χ0) is 16.9. The summed E-state index contributed by atoms with van der Waals surface area (Å²) in [5.74, 6) is 0.0616. The van der Waals surface area contributed by atoms with Crippen molar-refractivity contribution >= 4 is 29.0 Å². The third kappa shape index (κ3) is 4.14. The van der Waals surface area contributed by atoms with Crippen LogP contribution in [0.15, 0.2) is 35.7 Å². The van der Waals surface area contributed by atoms with Crippen molar-refractivity contribution in [2.45, 2.75) is 32.2 Å². The lowest BCUT2D eigenvalue weighted by Gasteiger charge is -2.20. The van der Waals surface area contributed by atoms with Crippen LogP contribution in [-0.4, -0.2) is 18.5 Å². The van der Waals surface area contributed by atoms with Crippen molar-refractivity contribution in [2.24, 2.45) is 0 Å². The van der Waals surface area contributed by atoms with E-state index in [0.29, 0.717) is 13.0 Å². The SMILES string of the molecule is C[C@@H](NC(=O)NCCc1cccs1)c1ccc2c(c1)CCC(=O)N2. The van der Waals surface area contributed by atoms with Crippen LogP contribution in [0.3, 0.4) is 0 Å².